The largest absolute Gasteiger partial charge is 0.322 e. The third kappa shape index (κ3) is 2.48. The molecule has 2 atom stereocenters. The minimum Gasteiger partial charge on any atom is -0.322 e. The Hall–Kier alpha value is -1.03. The van der Waals surface area contributed by atoms with Crippen molar-refractivity contribution in [2.75, 3.05) is 0 Å². The monoisotopic (exact) mass is 200 g/mol. The van der Waals surface area contributed by atoms with Crippen LogP contribution in [0.25, 0.3) is 0 Å². The fourth-order valence-electron chi connectivity index (χ4n) is 1.31. The van der Waals surface area contributed by atoms with Crippen molar-refractivity contribution >= 4 is 0 Å². The van der Waals surface area contributed by atoms with E-state index in [0.717, 1.165) is 12.5 Å². The van der Waals surface area contributed by atoms with Gasteiger partial charge in [-0.3, -0.25) is 4.98 Å². The molecule has 0 bridgehead atoms. The molecule has 0 spiro atoms. The Morgan fingerprint density at radius 3 is 2.29 bits per heavy atom. The first-order valence-corrected chi connectivity index (χ1v) is 4.46. The summed E-state index contributed by atoms with van der Waals surface area (Å²) in [6, 6.07) is 2.25. The summed E-state index contributed by atoms with van der Waals surface area (Å²) in [5.41, 5.74) is 6.24. The van der Waals surface area contributed by atoms with Crippen LogP contribution in [0, 0.1) is 0 Å². The summed E-state index contributed by atoms with van der Waals surface area (Å²) in [5.74, 6) is -3.24. The van der Waals surface area contributed by atoms with Crippen molar-refractivity contribution in [3.63, 3.8) is 0 Å². The molecular formula is C10H14F2N2. The molecule has 1 aromatic heterocycles. The maximum absolute atomic E-state index is 12.9. The molecule has 2 N–H and O–H groups in total. The quantitative estimate of drug-likeness (QED) is 0.812. The van der Waals surface area contributed by atoms with Crippen LogP contribution in [0.4, 0.5) is 8.78 Å². The van der Waals surface area contributed by atoms with E-state index in [0.29, 0.717) is 0 Å². The molecule has 0 aromatic carbocycles. The molecule has 1 aromatic rings. The molecule has 14 heavy (non-hydrogen) atoms. The first-order chi connectivity index (χ1) is 6.43. The fraction of sp³-hybridized carbons (Fsp3) is 0.500. The Labute approximate surface area is 82.1 Å². The summed E-state index contributed by atoms with van der Waals surface area (Å²) in [4.78, 5) is 3.82. The number of hydrogen-bond donors (Lipinski definition) is 1. The Kier molecular flexibility index (Phi) is 3.16. The van der Waals surface area contributed by atoms with Crippen molar-refractivity contribution in [3.05, 3.63) is 30.1 Å². The van der Waals surface area contributed by atoms with Crippen LogP contribution in [0.5, 0.6) is 0 Å². The van der Waals surface area contributed by atoms with E-state index in [-0.39, 0.29) is 5.92 Å². The van der Waals surface area contributed by atoms with Crippen LogP contribution in [-0.4, -0.2) is 16.9 Å². The van der Waals surface area contributed by atoms with E-state index in [1.807, 2.05) is 0 Å². The van der Waals surface area contributed by atoms with Gasteiger partial charge < -0.3 is 5.73 Å². The van der Waals surface area contributed by atoms with Crippen LogP contribution in [0.2, 0.25) is 0 Å². The molecule has 0 fully saturated rings. The van der Waals surface area contributed by atoms with E-state index in [1.165, 1.54) is 0 Å². The van der Waals surface area contributed by atoms with Crippen molar-refractivity contribution in [1.29, 1.82) is 0 Å². The van der Waals surface area contributed by atoms with Gasteiger partial charge in [0.1, 0.15) is 0 Å². The van der Waals surface area contributed by atoms with E-state index in [2.05, 4.69) is 4.98 Å². The SMILES string of the molecule is CC(c1ccncc1)C(N)C(C)(F)F. The molecule has 2 unspecified atom stereocenters. The third-order valence-corrected chi connectivity index (χ3v) is 2.36. The van der Waals surface area contributed by atoms with Gasteiger partial charge in [0, 0.05) is 25.2 Å². The first-order valence-electron chi connectivity index (χ1n) is 4.46. The number of alkyl halides is 2. The molecule has 78 valence electrons. The molecule has 1 rings (SSSR count). The zero-order valence-corrected chi connectivity index (χ0v) is 8.24. The second kappa shape index (κ2) is 4.00. The van der Waals surface area contributed by atoms with Crippen molar-refractivity contribution in [2.24, 2.45) is 5.73 Å². The number of aromatic nitrogens is 1. The lowest BCUT2D eigenvalue weighted by Gasteiger charge is -2.25. The van der Waals surface area contributed by atoms with Gasteiger partial charge in [-0.25, -0.2) is 8.78 Å². The number of pyridine rings is 1. The number of nitrogens with two attached hydrogens (primary N) is 1. The molecule has 0 saturated carbocycles. The van der Waals surface area contributed by atoms with Gasteiger partial charge in [0.05, 0.1) is 6.04 Å². The van der Waals surface area contributed by atoms with E-state index >= 15 is 0 Å². The van der Waals surface area contributed by atoms with E-state index in [1.54, 1.807) is 31.5 Å². The summed E-state index contributed by atoms with van der Waals surface area (Å²) >= 11 is 0. The number of halogens is 2. The van der Waals surface area contributed by atoms with Gasteiger partial charge in [0.25, 0.3) is 5.92 Å². The second-order valence-corrected chi connectivity index (χ2v) is 3.55. The molecule has 2 nitrogen and oxygen atoms in total. The molecule has 0 radical (unpaired) electrons. The fourth-order valence-corrected chi connectivity index (χ4v) is 1.31. The number of nitrogens with zero attached hydrogens (tertiary/aromatic N) is 1. The van der Waals surface area contributed by atoms with Crippen molar-refractivity contribution in [1.82, 2.24) is 4.98 Å². The van der Waals surface area contributed by atoms with Gasteiger partial charge >= 0.3 is 0 Å². The van der Waals surface area contributed by atoms with Crippen LogP contribution >= 0.6 is 0 Å². The minimum absolute atomic E-state index is 0.377. The lowest BCUT2D eigenvalue weighted by Crippen LogP contribution is -2.42. The zero-order valence-electron chi connectivity index (χ0n) is 8.24. The highest BCUT2D eigenvalue weighted by atomic mass is 19.3. The lowest BCUT2D eigenvalue weighted by atomic mass is 9.91. The van der Waals surface area contributed by atoms with Crippen LogP contribution < -0.4 is 5.73 Å². The van der Waals surface area contributed by atoms with Gasteiger partial charge in [0.15, 0.2) is 0 Å². The van der Waals surface area contributed by atoms with Gasteiger partial charge in [-0.05, 0) is 17.7 Å². The van der Waals surface area contributed by atoms with Gasteiger partial charge in [-0.15, -0.1) is 0 Å². The molecule has 1 heterocycles. The van der Waals surface area contributed by atoms with Crippen LogP contribution in [0.1, 0.15) is 25.3 Å². The number of hydrogen-bond acceptors (Lipinski definition) is 2. The third-order valence-electron chi connectivity index (χ3n) is 2.36. The van der Waals surface area contributed by atoms with Crippen molar-refractivity contribution in [3.8, 4) is 0 Å². The molecule has 4 heteroatoms. The Morgan fingerprint density at radius 2 is 1.86 bits per heavy atom. The van der Waals surface area contributed by atoms with E-state index in [4.69, 9.17) is 5.73 Å². The Balaban J connectivity index is 2.81. The molecule has 0 aliphatic carbocycles. The zero-order chi connectivity index (χ0) is 10.8. The summed E-state index contributed by atoms with van der Waals surface area (Å²) in [6.45, 7) is 2.53. The summed E-state index contributed by atoms with van der Waals surface area (Å²) in [5, 5.41) is 0. The van der Waals surface area contributed by atoms with Crippen molar-refractivity contribution < 1.29 is 8.78 Å². The van der Waals surface area contributed by atoms with Crippen LogP contribution in [0.3, 0.4) is 0 Å². The van der Waals surface area contributed by atoms with E-state index < -0.39 is 12.0 Å². The smallest absolute Gasteiger partial charge is 0.260 e. The highest BCUT2D eigenvalue weighted by Gasteiger charge is 2.35. The predicted molar refractivity (Wildman–Crippen MR) is 51.2 cm³/mol. The molecule has 0 aliphatic rings. The lowest BCUT2D eigenvalue weighted by molar-refractivity contribution is -0.0122. The highest BCUT2D eigenvalue weighted by molar-refractivity contribution is 5.17. The second-order valence-electron chi connectivity index (χ2n) is 3.55. The standard InChI is InChI=1S/C10H14F2N2/c1-7(9(13)10(2,11)12)8-3-5-14-6-4-8/h3-7,9H,13H2,1-2H3. The maximum Gasteiger partial charge on any atom is 0.260 e. The molecule has 0 amide bonds. The number of rotatable bonds is 3. The molecule has 0 aliphatic heterocycles. The Morgan fingerprint density at radius 1 is 1.36 bits per heavy atom. The highest BCUT2D eigenvalue weighted by Crippen LogP contribution is 2.27. The van der Waals surface area contributed by atoms with Crippen LogP contribution in [-0.2, 0) is 0 Å². The molecule has 0 saturated heterocycles. The normalized spacial score (nSPS) is 16.4. The minimum atomic E-state index is -2.86. The van der Waals surface area contributed by atoms with Gasteiger partial charge in [-0.2, -0.15) is 0 Å². The van der Waals surface area contributed by atoms with Crippen LogP contribution in [0.15, 0.2) is 24.5 Å². The summed E-state index contributed by atoms with van der Waals surface area (Å²) in [7, 11) is 0. The maximum atomic E-state index is 12.9. The average molecular weight is 200 g/mol. The van der Waals surface area contributed by atoms with Crippen molar-refractivity contribution in [2.45, 2.75) is 31.7 Å². The van der Waals surface area contributed by atoms with Gasteiger partial charge in [-0.1, -0.05) is 6.92 Å². The topological polar surface area (TPSA) is 38.9 Å². The first kappa shape index (κ1) is 11.0. The summed E-state index contributed by atoms with van der Waals surface area (Å²) in [6.07, 6.45) is 3.15. The molecular weight excluding hydrogens is 186 g/mol. The van der Waals surface area contributed by atoms with E-state index in [9.17, 15) is 8.78 Å². The average Bonchev–Trinajstić information content (AvgIpc) is 2.15. The summed E-state index contributed by atoms with van der Waals surface area (Å²) < 4.78 is 25.8. The Bertz CT molecular complexity index is 282. The predicted octanol–water partition coefficient (Wildman–Crippen LogP) is 2.17. The van der Waals surface area contributed by atoms with Gasteiger partial charge in [0.2, 0.25) is 0 Å².